The monoisotopic (exact) mass is 389 g/mol. The van der Waals surface area contributed by atoms with Gasteiger partial charge in [0, 0.05) is 58.2 Å². The highest BCUT2D eigenvalue weighted by Crippen LogP contribution is 2.11. The number of likely N-dealkylation sites (N-methyl/N-ethyl adjacent to an activating group) is 2. The van der Waals surface area contributed by atoms with E-state index in [4.69, 9.17) is 4.74 Å². The quantitative estimate of drug-likeness (QED) is 0.714. The smallest absolute Gasteiger partial charge is 0.231 e. The maximum atomic E-state index is 12.9. The maximum Gasteiger partial charge on any atom is 0.231 e. The van der Waals surface area contributed by atoms with Crippen LogP contribution in [0.1, 0.15) is 26.1 Å². The largest absolute Gasteiger partial charge is 0.480 e. The van der Waals surface area contributed by atoms with E-state index in [2.05, 4.69) is 38.9 Å². The Balaban J connectivity index is 1.64. The zero-order chi connectivity index (χ0) is 19.9. The molecule has 0 aromatic carbocycles. The number of hydrogen-bond donors (Lipinski definition) is 0. The molecule has 0 N–H and O–H groups in total. The van der Waals surface area contributed by atoms with Crippen molar-refractivity contribution in [1.82, 2.24) is 34.5 Å². The molecular formula is C19H31N7O2. The molecule has 0 spiro atoms. The molecule has 9 nitrogen and oxygen atoms in total. The van der Waals surface area contributed by atoms with Crippen molar-refractivity contribution in [2.75, 3.05) is 59.5 Å². The van der Waals surface area contributed by atoms with Crippen LogP contribution in [0, 0.1) is 0 Å². The first-order chi connectivity index (χ1) is 13.6. The standard InChI is InChI=1S/C19H31N7O2/c1-4-23-10-11-24(5-2)13-15-25(14-12-23)19(27)9-7-17-21-20-16-6-8-18(28-3)22-26(16)17/h6,8H,4-5,7,9-15H2,1-3H3. The van der Waals surface area contributed by atoms with E-state index in [1.165, 1.54) is 0 Å². The summed E-state index contributed by atoms with van der Waals surface area (Å²) in [5.41, 5.74) is 0.656. The minimum absolute atomic E-state index is 0.161. The third-order valence-corrected chi connectivity index (χ3v) is 5.43. The predicted molar refractivity (Wildman–Crippen MR) is 106 cm³/mol. The fraction of sp³-hybridized carbons (Fsp3) is 0.684. The van der Waals surface area contributed by atoms with Gasteiger partial charge in [-0.3, -0.25) is 4.79 Å². The fourth-order valence-electron chi connectivity index (χ4n) is 3.48. The second-order valence-electron chi connectivity index (χ2n) is 7.01. The predicted octanol–water partition coefficient (Wildman–Crippen LogP) is 0.552. The Hall–Kier alpha value is -2.26. The van der Waals surface area contributed by atoms with Crippen LogP contribution in [0.5, 0.6) is 5.88 Å². The van der Waals surface area contributed by atoms with Gasteiger partial charge in [-0.2, -0.15) is 4.52 Å². The summed E-state index contributed by atoms with van der Waals surface area (Å²) in [5.74, 6) is 1.34. The minimum atomic E-state index is 0.161. The van der Waals surface area contributed by atoms with Crippen molar-refractivity contribution in [1.29, 1.82) is 0 Å². The average Bonchev–Trinajstić information content (AvgIpc) is 3.17. The van der Waals surface area contributed by atoms with E-state index in [1.807, 2.05) is 11.0 Å². The van der Waals surface area contributed by atoms with Gasteiger partial charge in [-0.15, -0.1) is 15.3 Å². The lowest BCUT2D eigenvalue weighted by Crippen LogP contribution is -2.40. The van der Waals surface area contributed by atoms with Gasteiger partial charge in [0.25, 0.3) is 0 Å². The molecule has 2 aromatic rings. The van der Waals surface area contributed by atoms with Gasteiger partial charge in [0.15, 0.2) is 11.5 Å². The van der Waals surface area contributed by atoms with Gasteiger partial charge in [0.05, 0.1) is 7.11 Å². The third-order valence-electron chi connectivity index (χ3n) is 5.43. The highest BCUT2D eigenvalue weighted by molar-refractivity contribution is 5.76. The molecule has 1 aliphatic heterocycles. The Kier molecular flexibility index (Phi) is 7.16. The van der Waals surface area contributed by atoms with Gasteiger partial charge in [-0.1, -0.05) is 13.8 Å². The zero-order valence-electron chi connectivity index (χ0n) is 17.2. The lowest BCUT2D eigenvalue weighted by atomic mass is 10.2. The summed E-state index contributed by atoms with van der Waals surface area (Å²) in [6, 6.07) is 3.56. The normalized spacial score (nSPS) is 17.3. The van der Waals surface area contributed by atoms with Crippen LogP contribution in [0.25, 0.3) is 5.65 Å². The van der Waals surface area contributed by atoms with Crippen LogP contribution in [0.2, 0.25) is 0 Å². The molecule has 3 rings (SSSR count). The van der Waals surface area contributed by atoms with Gasteiger partial charge in [0.2, 0.25) is 11.8 Å². The van der Waals surface area contributed by atoms with E-state index in [0.717, 1.165) is 52.4 Å². The lowest BCUT2D eigenvalue weighted by molar-refractivity contribution is -0.131. The number of carbonyl (C=O) groups excluding carboxylic acids is 1. The first-order valence-electron chi connectivity index (χ1n) is 10.1. The number of methoxy groups -OCH3 is 1. The van der Waals surface area contributed by atoms with Crippen molar-refractivity contribution >= 4 is 11.6 Å². The van der Waals surface area contributed by atoms with Gasteiger partial charge in [-0.25, -0.2) is 0 Å². The summed E-state index contributed by atoms with van der Waals surface area (Å²) in [5, 5.41) is 12.7. The zero-order valence-corrected chi connectivity index (χ0v) is 17.2. The molecule has 28 heavy (non-hydrogen) atoms. The van der Waals surface area contributed by atoms with Crippen LogP contribution >= 0.6 is 0 Å². The fourth-order valence-corrected chi connectivity index (χ4v) is 3.48. The highest BCUT2D eigenvalue weighted by Gasteiger charge is 2.19. The second-order valence-corrected chi connectivity index (χ2v) is 7.01. The SMILES string of the molecule is CCN1CCN(CC)CCN(C(=O)CCc2nnc3ccc(OC)nn23)CC1. The number of carbonyl (C=O) groups is 1. The molecule has 154 valence electrons. The Morgan fingerprint density at radius 3 is 2.25 bits per heavy atom. The average molecular weight is 390 g/mol. The van der Waals surface area contributed by atoms with Gasteiger partial charge >= 0.3 is 0 Å². The van der Waals surface area contributed by atoms with E-state index in [0.29, 0.717) is 30.2 Å². The summed E-state index contributed by atoms with van der Waals surface area (Å²) in [6.07, 6.45) is 0.906. The molecule has 3 heterocycles. The minimum Gasteiger partial charge on any atom is -0.480 e. The number of nitrogens with zero attached hydrogens (tertiary/aromatic N) is 7. The van der Waals surface area contributed by atoms with Crippen molar-refractivity contribution in [3.05, 3.63) is 18.0 Å². The molecule has 2 aromatic heterocycles. The molecular weight excluding hydrogens is 358 g/mol. The van der Waals surface area contributed by atoms with Crippen molar-refractivity contribution in [3.63, 3.8) is 0 Å². The van der Waals surface area contributed by atoms with E-state index in [-0.39, 0.29) is 5.91 Å². The third kappa shape index (κ3) is 4.96. The number of aryl methyl sites for hydroxylation is 1. The second kappa shape index (κ2) is 9.79. The van der Waals surface area contributed by atoms with E-state index in [1.54, 1.807) is 17.7 Å². The highest BCUT2D eigenvalue weighted by atomic mass is 16.5. The number of rotatable bonds is 6. The van der Waals surface area contributed by atoms with Gasteiger partial charge in [-0.05, 0) is 19.2 Å². The summed E-state index contributed by atoms with van der Waals surface area (Å²) in [6.45, 7) is 11.9. The number of hydrogen-bond acceptors (Lipinski definition) is 7. The molecule has 0 aliphatic carbocycles. The molecule has 9 heteroatoms. The lowest BCUT2D eigenvalue weighted by Gasteiger charge is -2.25. The summed E-state index contributed by atoms with van der Waals surface area (Å²) < 4.78 is 6.83. The molecule has 0 saturated carbocycles. The van der Waals surface area contributed by atoms with Crippen LogP contribution in [0.4, 0.5) is 0 Å². The van der Waals surface area contributed by atoms with Crippen molar-refractivity contribution < 1.29 is 9.53 Å². The molecule has 0 atom stereocenters. The Bertz CT molecular complexity index is 763. The number of aromatic nitrogens is 4. The first kappa shape index (κ1) is 20.5. The van der Waals surface area contributed by atoms with Crippen LogP contribution in [-0.2, 0) is 11.2 Å². The Morgan fingerprint density at radius 2 is 1.64 bits per heavy atom. The molecule has 0 unspecified atom stereocenters. The van der Waals surface area contributed by atoms with Crippen molar-refractivity contribution in [3.8, 4) is 5.88 Å². The molecule has 1 saturated heterocycles. The number of fused-ring (bicyclic) bond motifs is 1. The van der Waals surface area contributed by atoms with Crippen LogP contribution < -0.4 is 4.74 Å². The molecule has 0 radical (unpaired) electrons. The van der Waals surface area contributed by atoms with Crippen molar-refractivity contribution in [2.24, 2.45) is 0 Å². The van der Waals surface area contributed by atoms with Gasteiger partial charge < -0.3 is 19.4 Å². The summed E-state index contributed by atoms with van der Waals surface area (Å²) in [7, 11) is 1.57. The number of ether oxygens (including phenoxy) is 1. The number of amides is 1. The van der Waals surface area contributed by atoms with E-state index < -0.39 is 0 Å². The Labute approximate surface area is 166 Å². The maximum absolute atomic E-state index is 12.9. The summed E-state index contributed by atoms with van der Waals surface area (Å²) in [4.78, 5) is 19.7. The topological polar surface area (TPSA) is 79.1 Å². The van der Waals surface area contributed by atoms with E-state index >= 15 is 0 Å². The molecule has 1 fully saturated rings. The molecule has 0 bridgehead atoms. The van der Waals surface area contributed by atoms with Crippen LogP contribution in [0.3, 0.4) is 0 Å². The van der Waals surface area contributed by atoms with Gasteiger partial charge in [0.1, 0.15) is 0 Å². The molecule has 1 amide bonds. The Morgan fingerprint density at radius 1 is 1.00 bits per heavy atom. The van der Waals surface area contributed by atoms with Crippen molar-refractivity contribution in [2.45, 2.75) is 26.7 Å². The summed E-state index contributed by atoms with van der Waals surface area (Å²) >= 11 is 0. The molecule has 1 aliphatic rings. The van der Waals surface area contributed by atoms with Crippen LogP contribution in [-0.4, -0.2) is 99.9 Å². The van der Waals surface area contributed by atoms with E-state index in [9.17, 15) is 4.79 Å². The first-order valence-corrected chi connectivity index (χ1v) is 10.1. The van der Waals surface area contributed by atoms with Crippen LogP contribution in [0.15, 0.2) is 12.1 Å².